The van der Waals surface area contributed by atoms with E-state index >= 15 is 0 Å². The van der Waals surface area contributed by atoms with Crippen molar-refractivity contribution in [3.05, 3.63) is 29.9 Å². The van der Waals surface area contributed by atoms with Crippen LogP contribution in [0.1, 0.15) is 33.5 Å². The minimum Gasteiger partial charge on any atom is -0.237 e. The van der Waals surface area contributed by atoms with E-state index in [1.807, 2.05) is 10.8 Å². The zero-order valence-corrected chi connectivity index (χ0v) is 9.73. The van der Waals surface area contributed by atoms with E-state index in [4.69, 9.17) is 0 Å². The highest BCUT2D eigenvalue weighted by molar-refractivity contribution is 5.49. The normalized spacial score (nSPS) is 18.6. The van der Waals surface area contributed by atoms with Gasteiger partial charge in [-0.2, -0.15) is 5.10 Å². The fraction of sp³-hybridized carbons (Fsp3) is 0.500. The molecule has 1 aliphatic heterocycles. The summed E-state index contributed by atoms with van der Waals surface area (Å²) >= 11 is 0. The van der Waals surface area contributed by atoms with Gasteiger partial charge in [-0.05, 0) is 31.4 Å². The molecule has 0 aliphatic carbocycles. The Labute approximate surface area is 90.5 Å². The monoisotopic (exact) mass is 203 g/mol. The molecule has 0 spiro atoms. The van der Waals surface area contributed by atoms with Crippen molar-refractivity contribution < 1.29 is 0 Å². The molecule has 15 heavy (non-hydrogen) atoms. The Morgan fingerprint density at radius 3 is 2.67 bits per heavy atom. The maximum Gasteiger partial charge on any atom is 0.151 e. The van der Waals surface area contributed by atoms with Gasteiger partial charge in [0.25, 0.3) is 0 Å². The smallest absolute Gasteiger partial charge is 0.151 e. The van der Waals surface area contributed by atoms with E-state index in [1.54, 1.807) is 6.33 Å². The molecule has 0 N–H and O–H groups in total. The van der Waals surface area contributed by atoms with Crippen LogP contribution in [0.15, 0.2) is 24.1 Å². The van der Waals surface area contributed by atoms with Crippen LogP contribution < -0.4 is 0 Å². The Hall–Kier alpha value is -1.38. The van der Waals surface area contributed by atoms with Crippen molar-refractivity contribution in [2.75, 3.05) is 0 Å². The molecule has 1 aromatic rings. The molecule has 1 aromatic heterocycles. The van der Waals surface area contributed by atoms with Gasteiger partial charge in [-0.15, -0.1) is 0 Å². The zero-order chi connectivity index (χ0) is 11.1. The van der Waals surface area contributed by atoms with Crippen LogP contribution in [0.25, 0.3) is 6.08 Å². The average molecular weight is 203 g/mol. The van der Waals surface area contributed by atoms with Gasteiger partial charge in [0.2, 0.25) is 0 Å². The summed E-state index contributed by atoms with van der Waals surface area (Å²) in [6.45, 7) is 8.71. The van der Waals surface area contributed by atoms with Crippen molar-refractivity contribution in [1.29, 1.82) is 0 Å². The molecule has 1 aliphatic rings. The third-order valence-corrected chi connectivity index (χ3v) is 2.73. The Morgan fingerprint density at radius 2 is 2.00 bits per heavy atom. The van der Waals surface area contributed by atoms with Crippen molar-refractivity contribution in [2.45, 2.75) is 33.2 Å². The second-order valence-electron chi connectivity index (χ2n) is 4.82. The number of hydrogen-bond acceptors (Lipinski definition) is 2. The molecule has 0 saturated carbocycles. The standard InChI is InChI=1S/C12H17N3/c1-9(2)10-5-6-11-13-8-14-15(11)12(3,4)7-10/h5-9H,1-4H3. The summed E-state index contributed by atoms with van der Waals surface area (Å²) in [4.78, 5) is 4.24. The van der Waals surface area contributed by atoms with E-state index < -0.39 is 0 Å². The van der Waals surface area contributed by atoms with Gasteiger partial charge < -0.3 is 0 Å². The highest BCUT2D eigenvalue weighted by Gasteiger charge is 2.23. The molecule has 80 valence electrons. The van der Waals surface area contributed by atoms with Crippen LogP contribution >= 0.6 is 0 Å². The van der Waals surface area contributed by atoms with Crippen molar-refractivity contribution >= 4 is 6.08 Å². The van der Waals surface area contributed by atoms with E-state index in [1.165, 1.54) is 5.57 Å². The summed E-state index contributed by atoms with van der Waals surface area (Å²) in [5.41, 5.74) is 1.24. The van der Waals surface area contributed by atoms with Gasteiger partial charge in [0, 0.05) is 0 Å². The van der Waals surface area contributed by atoms with Crippen LogP contribution in [0, 0.1) is 5.92 Å². The molecule has 0 bridgehead atoms. The Kier molecular flexibility index (Phi) is 2.25. The van der Waals surface area contributed by atoms with Crippen LogP contribution in [0.4, 0.5) is 0 Å². The topological polar surface area (TPSA) is 30.7 Å². The van der Waals surface area contributed by atoms with E-state index in [-0.39, 0.29) is 5.54 Å². The van der Waals surface area contributed by atoms with Gasteiger partial charge in [-0.3, -0.25) is 0 Å². The van der Waals surface area contributed by atoms with E-state index in [0.717, 1.165) is 5.82 Å². The lowest BCUT2D eigenvalue weighted by Gasteiger charge is -2.22. The predicted molar refractivity (Wildman–Crippen MR) is 61.3 cm³/mol. The molecule has 0 atom stereocenters. The van der Waals surface area contributed by atoms with Crippen LogP contribution in [0.3, 0.4) is 0 Å². The first-order chi connectivity index (χ1) is 7.00. The molecule has 2 rings (SSSR count). The summed E-state index contributed by atoms with van der Waals surface area (Å²) < 4.78 is 1.96. The van der Waals surface area contributed by atoms with Crippen molar-refractivity contribution in [3.63, 3.8) is 0 Å². The summed E-state index contributed by atoms with van der Waals surface area (Å²) in [5.74, 6) is 1.46. The first-order valence-electron chi connectivity index (χ1n) is 5.32. The first-order valence-corrected chi connectivity index (χ1v) is 5.32. The highest BCUT2D eigenvalue weighted by Crippen LogP contribution is 2.26. The lowest BCUT2D eigenvalue weighted by Crippen LogP contribution is -2.26. The molecule has 3 heteroatoms. The largest absolute Gasteiger partial charge is 0.237 e. The van der Waals surface area contributed by atoms with E-state index in [0.29, 0.717) is 5.92 Å². The molecule has 0 saturated heterocycles. The summed E-state index contributed by atoms with van der Waals surface area (Å²) in [5, 5.41) is 4.27. The van der Waals surface area contributed by atoms with Gasteiger partial charge in [0.1, 0.15) is 6.33 Å². The van der Waals surface area contributed by atoms with Crippen molar-refractivity contribution in [3.8, 4) is 0 Å². The third-order valence-electron chi connectivity index (χ3n) is 2.73. The number of hydrogen-bond donors (Lipinski definition) is 0. The minimum absolute atomic E-state index is 0.102. The zero-order valence-electron chi connectivity index (χ0n) is 9.73. The summed E-state index contributed by atoms with van der Waals surface area (Å²) in [6, 6.07) is 0. The van der Waals surface area contributed by atoms with Crippen LogP contribution in [-0.2, 0) is 5.54 Å². The first kappa shape index (κ1) is 10.1. The fourth-order valence-electron chi connectivity index (χ4n) is 1.86. The molecule has 0 radical (unpaired) electrons. The molecule has 0 unspecified atom stereocenters. The van der Waals surface area contributed by atoms with Gasteiger partial charge in [-0.1, -0.05) is 26.0 Å². The number of allylic oxidation sites excluding steroid dienone is 3. The molecule has 2 heterocycles. The van der Waals surface area contributed by atoms with Crippen molar-refractivity contribution in [1.82, 2.24) is 14.8 Å². The van der Waals surface area contributed by atoms with Gasteiger partial charge in [0.05, 0.1) is 5.54 Å². The summed E-state index contributed by atoms with van der Waals surface area (Å²) in [7, 11) is 0. The minimum atomic E-state index is -0.102. The van der Waals surface area contributed by atoms with Crippen LogP contribution in [0.5, 0.6) is 0 Å². The van der Waals surface area contributed by atoms with E-state index in [2.05, 4.69) is 49.9 Å². The highest BCUT2D eigenvalue weighted by atomic mass is 15.4. The van der Waals surface area contributed by atoms with E-state index in [9.17, 15) is 0 Å². The third kappa shape index (κ3) is 1.74. The van der Waals surface area contributed by atoms with Crippen molar-refractivity contribution in [2.24, 2.45) is 5.92 Å². The Balaban J connectivity index is 2.53. The van der Waals surface area contributed by atoms with Gasteiger partial charge in [0.15, 0.2) is 5.82 Å². The molecule has 0 aromatic carbocycles. The quantitative estimate of drug-likeness (QED) is 0.702. The second kappa shape index (κ2) is 3.33. The molecule has 3 nitrogen and oxygen atoms in total. The lowest BCUT2D eigenvalue weighted by atomic mass is 9.95. The number of nitrogens with zero attached hydrogens (tertiary/aromatic N) is 3. The van der Waals surface area contributed by atoms with Crippen LogP contribution in [-0.4, -0.2) is 14.8 Å². The predicted octanol–water partition coefficient (Wildman–Crippen LogP) is 2.62. The summed E-state index contributed by atoms with van der Waals surface area (Å²) in [6.07, 6.45) is 8.04. The second-order valence-corrected chi connectivity index (χ2v) is 4.82. The maximum absolute atomic E-state index is 4.27. The van der Waals surface area contributed by atoms with Gasteiger partial charge in [-0.25, -0.2) is 9.67 Å². The molecular formula is C12H17N3. The average Bonchev–Trinajstić information content (AvgIpc) is 2.56. The number of rotatable bonds is 1. The molecule has 0 amide bonds. The van der Waals surface area contributed by atoms with Gasteiger partial charge >= 0.3 is 0 Å². The maximum atomic E-state index is 4.27. The SMILES string of the molecule is CC(C)C1=CC(C)(C)n2ncnc2C=C1. The lowest BCUT2D eigenvalue weighted by molar-refractivity contribution is 0.400. The fourth-order valence-corrected chi connectivity index (χ4v) is 1.86. The van der Waals surface area contributed by atoms with Crippen LogP contribution in [0.2, 0.25) is 0 Å². The Bertz CT molecular complexity index is 422. The molecule has 0 fully saturated rings. The number of aromatic nitrogens is 3. The molecular weight excluding hydrogens is 186 g/mol. The Morgan fingerprint density at radius 1 is 1.27 bits per heavy atom. The number of fused-ring (bicyclic) bond motifs is 1.